The molecule has 0 amide bonds. The molecule has 0 aliphatic rings. The van der Waals surface area contributed by atoms with E-state index in [1.54, 1.807) is 0 Å². The van der Waals surface area contributed by atoms with Crippen molar-refractivity contribution in [3.63, 3.8) is 0 Å². The van der Waals surface area contributed by atoms with Crippen LogP contribution in [0, 0.1) is 0 Å². The summed E-state index contributed by atoms with van der Waals surface area (Å²) >= 11 is 0. The van der Waals surface area contributed by atoms with Crippen LogP contribution in [0.15, 0.2) is 0 Å². The highest BCUT2D eigenvalue weighted by Crippen LogP contribution is 2.12. The van der Waals surface area contributed by atoms with Gasteiger partial charge in [0.15, 0.2) is 0 Å². The maximum atomic E-state index is 12.4. The zero-order valence-electron chi connectivity index (χ0n) is 15.6. The van der Waals surface area contributed by atoms with Crippen molar-refractivity contribution in [1.29, 1.82) is 0 Å². The maximum Gasteiger partial charge on any atom is 0.309 e. The van der Waals surface area contributed by atoms with Crippen LogP contribution in [0.5, 0.6) is 0 Å². The lowest BCUT2D eigenvalue weighted by molar-refractivity contribution is -0.138. The van der Waals surface area contributed by atoms with Gasteiger partial charge in [0, 0.05) is 6.42 Å². The summed E-state index contributed by atoms with van der Waals surface area (Å²) in [6, 6.07) is -0.424. The van der Waals surface area contributed by atoms with E-state index in [9.17, 15) is 9.59 Å². The zero-order chi connectivity index (χ0) is 17.8. The summed E-state index contributed by atoms with van der Waals surface area (Å²) in [5.41, 5.74) is 0. The van der Waals surface area contributed by atoms with Crippen LogP contribution in [0.1, 0.15) is 12.8 Å². The van der Waals surface area contributed by atoms with Crippen LogP contribution in [0.2, 0.25) is 58.9 Å². The number of hydrogen-bond donors (Lipinski definition) is 1. The molecule has 0 bridgehead atoms. The van der Waals surface area contributed by atoms with Gasteiger partial charge in [-0.15, -0.1) is 0 Å². The van der Waals surface area contributed by atoms with Gasteiger partial charge in [-0.3, -0.25) is 9.59 Å². The largest absolute Gasteiger partial charge is 0.520 e. The van der Waals surface area contributed by atoms with E-state index in [0.717, 1.165) is 0 Å². The summed E-state index contributed by atoms with van der Waals surface area (Å²) in [7, 11) is -5.47. The molecule has 1 unspecified atom stereocenters. The van der Waals surface area contributed by atoms with Crippen molar-refractivity contribution in [2.75, 3.05) is 0 Å². The molecular formula is C14H33NO4Si3. The number of rotatable bonds is 8. The van der Waals surface area contributed by atoms with Gasteiger partial charge in [0.25, 0.3) is 5.97 Å². The molecule has 0 aliphatic carbocycles. The van der Waals surface area contributed by atoms with Gasteiger partial charge in [-0.25, -0.2) is 0 Å². The molecule has 0 aromatic carbocycles. The number of nitrogens with one attached hydrogen (secondary N) is 1. The molecule has 0 aromatic rings. The van der Waals surface area contributed by atoms with E-state index < -0.39 is 30.9 Å². The van der Waals surface area contributed by atoms with Crippen LogP contribution >= 0.6 is 0 Å². The van der Waals surface area contributed by atoms with Crippen molar-refractivity contribution >= 4 is 36.8 Å². The van der Waals surface area contributed by atoms with Crippen molar-refractivity contribution in [2.24, 2.45) is 0 Å². The minimum Gasteiger partial charge on any atom is -0.520 e. The van der Waals surface area contributed by atoms with Crippen LogP contribution in [0.25, 0.3) is 0 Å². The molecule has 5 nitrogen and oxygen atoms in total. The summed E-state index contributed by atoms with van der Waals surface area (Å²) in [6.45, 7) is 18.3. The first kappa shape index (κ1) is 21.6. The monoisotopic (exact) mass is 363 g/mol. The van der Waals surface area contributed by atoms with Gasteiger partial charge in [0.2, 0.25) is 16.6 Å². The standard InChI is InChI=1S/C14H33NO4Si3/c1-20(2,3)15-12(14(17)19-22(7,8)9)10-11-13(16)18-21(4,5)6/h12,15H,10-11H2,1-9H3. The molecule has 0 fully saturated rings. The van der Waals surface area contributed by atoms with Crippen LogP contribution in [-0.4, -0.2) is 42.9 Å². The second kappa shape index (κ2) is 7.89. The maximum absolute atomic E-state index is 12.4. The quantitative estimate of drug-likeness (QED) is 0.670. The Morgan fingerprint density at radius 2 is 1.32 bits per heavy atom. The van der Waals surface area contributed by atoms with E-state index in [1.807, 2.05) is 39.3 Å². The third-order valence-corrected chi connectivity index (χ3v) is 5.22. The normalized spacial score (nSPS) is 14.4. The molecule has 0 aromatic heterocycles. The third-order valence-electron chi connectivity index (χ3n) is 2.36. The number of carbonyl (C=O) groups is 2. The van der Waals surface area contributed by atoms with Gasteiger partial charge in [-0.1, -0.05) is 19.6 Å². The van der Waals surface area contributed by atoms with Gasteiger partial charge in [-0.2, -0.15) is 0 Å². The van der Waals surface area contributed by atoms with Crippen molar-refractivity contribution in [2.45, 2.75) is 77.8 Å². The highest BCUT2D eigenvalue weighted by atomic mass is 28.4. The summed E-state index contributed by atoms with van der Waals surface area (Å²) in [4.78, 5) is 27.6. The Bertz CT molecular complexity index is 394. The predicted molar refractivity (Wildman–Crippen MR) is 98.4 cm³/mol. The van der Waals surface area contributed by atoms with Crippen LogP contribution in [0.3, 0.4) is 0 Å². The first-order valence-electron chi connectivity index (χ1n) is 7.81. The molecule has 22 heavy (non-hydrogen) atoms. The topological polar surface area (TPSA) is 64.6 Å². The van der Waals surface area contributed by atoms with Crippen LogP contribution < -0.4 is 4.98 Å². The molecule has 0 heterocycles. The van der Waals surface area contributed by atoms with E-state index in [0.29, 0.717) is 6.42 Å². The Morgan fingerprint density at radius 1 is 0.864 bits per heavy atom. The summed E-state index contributed by atoms with van der Waals surface area (Å²) in [5, 5.41) is 0. The summed E-state index contributed by atoms with van der Waals surface area (Å²) < 4.78 is 11.0. The molecule has 1 atom stereocenters. The van der Waals surface area contributed by atoms with E-state index in [4.69, 9.17) is 8.85 Å². The highest BCUT2D eigenvalue weighted by molar-refractivity contribution is 6.74. The Balaban J connectivity index is 4.75. The lowest BCUT2D eigenvalue weighted by Crippen LogP contribution is -2.53. The fraction of sp³-hybridized carbons (Fsp3) is 0.857. The second-order valence-corrected chi connectivity index (χ2v) is 22.3. The molecule has 0 saturated heterocycles. The van der Waals surface area contributed by atoms with Gasteiger partial charge in [0.05, 0.1) is 6.04 Å². The Hall–Kier alpha value is -0.449. The Morgan fingerprint density at radius 3 is 1.68 bits per heavy atom. The van der Waals surface area contributed by atoms with Crippen molar-refractivity contribution in [3.8, 4) is 0 Å². The molecule has 1 N–H and O–H groups in total. The average Bonchev–Trinajstić information content (AvgIpc) is 2.17. The van der Waals surface area contributed by atoms with Crippen molar-refractivity contribution in [3.05, 3.63) is 0 Å². The van der Waals surface area contributed by atoms with E-state index in [2.05, 4.69) is 24.6 Å². The lowest BCUT2D eigenvalue weighted by Gasteiger charge is -2.28. The van der Waals surface area contributed by atoms with Gasteiger partial charge >= 0.3 is 5.97 Å². The molecule has 8 heteroatoms. The molecular weight excluding hydrogens is 330 g/mol. The minimum absolute atomic E-state index is 0.220. The molecule has 130 valence electrons. The van der Waals surface area contributed by atoms with E-state index >= 15 is 0 Å². The number of hydrogen-bond acceptors (Lipinski definition) is 5. The highest BCUT2D eigenvalue weighted by Gasteiger charge is 2.31. The molecule has 0 spiro atoms. The van der Waals surface area contributed by atoms with E-state index in [-0.39, 0.29) is 18.4 Å². The Kier molecular flexibility index (Phi) is 7.73. The molecule has 0 radical (unpaired) electrons. The summed E-state index contributed by atoms with van der Waals surface area (Å²) in [5.74, 6) is -0.454. The molecule has 0 saturated carbocycles. The van der Waals surface area contributed by atoms with Gasteiger partial charge in [-0.05, 0) is 45.7 Å². The van der Waals surface area contributed by atoms with Gasteiger partial charge in [0.1, 0.15) is 8.24 Å². The van der Waals surface area contributed by atoms with Gasteiger partial charge < -0.3 is 13.8 Å². The smallest absolute Gasteiger partial charge is 0.309 e. The SMILES string of the molecule is C[Si](C)(C)NC(CCC(=O)O[Si](C)(C)C)C(=O)O[Si](C)(C)C. The minimum atomic E-state index is -1.94. The first-order chi connectivity index (χ1) is 9.59. The molecule has 0 aliphatic heterocycles. The first-order valence-corrected chi connectivity index (χ1v) is 18.1. The third kappa shape index (κ3) is 12.1. The average molecular weight is 364 g/mol. The Labute approximate surface area is 138 Å². The fourth-order valence-corrected chi connectivity index (χ4v) is 4.64. The fourth-order valence-electron chi connectivity index (χ4n) is 1.80. The lowest BCUT2D eigenvalue weighted by atomic mass is 10.2. The second-order valence-electron chi connectivity index (χ2n) is 8.61. The van der Waals surface area contributed by atoms with Crippen LogP contribution in [0.4, 0.5) is 0 Å². The zero-order valence-corrected chi connectivity index (χ0v) is 18.6. The van der Waals surface area contributed by atoms with Crippen LogP contribution in [-0.2, 0) is 18.4 Å². The van der Waals surface area contributed by atoms with Crippen molar-refractivity contribution in [1.82, 2.24) is 4.98 Å². The molecule has 0 rings (SSSR count). The summed E-state index contributed by atoms with van der Waals surface area (Å²) in [6.07, 6.45) is 0.671. The van der Waals surface area contributed by atoms with Crippen molar-refractivity contribution < 1.29 is 18.4 Å². The number of carbonyl (C=O) groups excluding carboxylic acids is 2. The predicted octanol–water partition coefficient (Wildman–Crippen LogP) is 3.32. The van der Waals surface area contributed by atoms with E-state index in [1.165, 1.54) is 0 Å².